The van der Waals surface area contributed by atoms with Gasteiger partial charge >= 0.3 is 0 Å². The number of nitrogens with one attached hydrogen (secondary N) is 1. The van der Waals surface area contributed by atoms with Gasteiger partial charge in [0.05, 0.1) is 11.6 Å². The second-order valence-electron chi connectivity index (χ2n) is 10.2. The summed E-state index contributed by atoms with van der Waals surface area (Å²) in [7, 11) is 0. The fourth-order valence-corrected chi connectivity index (χ4v) is 4.94. The van der Waals surface area contributed by atoms with E-state index in [-0.39, 0.29) is 18.1 Å². The van der Waals surface area contributed by atoms with Gasteiger partial charge in [0.1, 0.15) is 17.1 Å². The first-order valence-corrected chi connectivity index (χ1v) is 14.9. The fourth-order valence-electron chi connectivity index (χ4n) is 4.64. The van der Waals surface area contributed by atoms with E-state index in [1.54, 1.807) is 0 Å². The van der Waals surface area contributed by atoms with Crippen molar-refractivity contribution < 1.29 is 26.8 Å². The summed E-state index contributed by atoms with van der Waals surface area (Å²) in [6.07, 6.45) is 14.2. The van der Waals surface area contributed by atoms with Crippen molar-refractivity contribution in [1.29, 1.82) is 0 Å². The number of aromatic nitrogens is 2. The predicted octanol–water partition coefficient (Wildman–Crippen LogP) is 10.0. The molecule has 5 nitrogen and oxygen atoms in total. The molecule has 222 valence electrons. The fraction of sp³-hybridized carbons (Fsp3) is 0.724. The molecule has 0 aliphatic carbocycles. The zero-order chi connectivity index (χ0) is 28.5. The summed E-state index contributed by atoms with van der Waals surface area (Å²) in [6.45, 7) is 2.41. The zero-order valence-corrected chi connectivity index (χ0v) is 23.9. The summed E-state index contributed by atoms with van der Waals surface area (Å²) in [5.74, 6) is -0.264. The lowest BCUT2D eigenvalue weighted by Crippen LogP contribution is -2.23. The highest BCUT2D eigenvalue weighted by Crippen LogP contribution is 2.35. The van der Waals surface area contributed by atoms with Gasteiger partial charge in [-0.1, -0.05) is 115 Å². The Morgan fingerprint density at radius 2 is 1.36 bits per heavy atom. The average molecular weight is 578 g/mol. The zero-order valence-electron chi connectivity index (χ0n) is 23.1. The van der Waals surface area contributed by atoms with Crippen molar-refractivity contribution in [2.24, 2.45) is 0 Å². The van der Waals surface area contributed by atoms with Crippen molar-refractivity contribution in [1.82, 2.24) is 15.1 Å². The molecule has 2 rings (SSSR count). The molecule has 0 aliphatic rings. The normalized spacial score (nSPS) is 11.7. The van der Waals surface area contributed by atoms with Crippen LogP contribution in [0.25, 0.3) is 0 Å². The molecule has 0 radical (unpaired) electrons. The van der Waals surface area contributed by atoms with Gasteiger partial charge in [0.25, 0.3) is 18.8 Å². The Labute approximate surface area is 235 Å². The van der Waals surface area contributed by atoms with E-state index in [2.05, 4.69) is 17.3 Å². The first kappa shape index (κ1) is 33.2. The minimum atomic E-state index is -3.09. The Kier molecular flexibility index (Phi) is 16.3. The van der Waals surface area contributed by atoms with E-state index in [0.29, 0.717) is 11.2 Å². The maximum absolute atomic E-state index is 13.3. The molecule has 0 aliphatic heterocycles. The Balaban J connectivity index is 1.54. The van der Waals surface area contributed by atoms with Crippen molar-refractivity contribution in [2.75, 3.05) is 6.54 Å². The molecule has 0 bridgehead atoms. The maximum atomic E-state index is 13.3. The number of hydrogen-bond donors (Lipinski definition) is 1. The van der Waals surface area contributed by atoms with Crippen LogP contribution in [-0.4, -0.2) is 22.2 Å². The molecule has 0 aromatic carbocycles. The van der Waals surface area contributed by atoms with Crippen LogP contribution in [0, 0.1) is 0 Å². The number of carbonyl (C=O) groups is 1. The van der Waals surface area contributed by atoms with Gasteiger partial charge in [-0.3, -0.25) is 9.48 Å². The number of rotatable bonds is 22. The number of hydrogen-bond acceptors (Lipinski definition) is 3. The summed E-state index contributed by atoms with van der Waals surface area (Å²) in [4.78, 5) is 12.3. The van der Waals surface area contributed by atoms with E-state index in [4.69, 9.17) is 16.0 Å². The van der Waals surface area contributed by atoms with Gasteiger partial charge in [-0.25, -0.2) is 17.6 Å². The quantitative estimate of drug-likeness (QED) is 0.112. The molecule has 0 unspecified atom stereocenters. The van der Waals surface area contributed by atoms with Crippen molar-refractivity contribution >= 4 is 17.5 Å². The standard InChI is InChI=1S/C29H44ClF4N3O2/c1-2-3-4-5-6-7-8-9-10-11-12-13-14-15-16-17-20-35-29(38)23-19-18-22(39-23)21-37-26(28(33)34)24(30)25(36-37)27(31)32/h18-19,27-28H,2-17,20-21H2,1H3,(H,35,38). The molecule has 10 heteroatoms. The summed E-state index contributed by atoms with van der Waals surface area (Å²) in [5.41, 5.74) is -1.71. The van der Waals surface area contributed by atoms with Crippen molar-refractivity contribution in [3.63, 3.8) is 0 Å². The minimum absolute atomic E-state index is 0.0208. The summed E-state index contributed by atoms with van der Waals surface area (Å²) < 4.78 is 58.7. The van der Waals surface area contributed by atoms with E-state index in [9.17, 15) is 22.4 Å². The molecule has 0 fully saturated rings. The highest BCUT2D eigenvalue weighted by Gasteiger charge is 2.28. The molecular formula is C29H44ClF4N3O2. The number of unbranched alkanes of at least 4 members (excludes halogenated alkanes) is 15. The molecule has 2 aromatic rings. The molecule has 1 amide bonds. The lowest BCUT2D eigenvalue weighted by atomic mass is 10.0. The first-order chi connectivity index (χ1) is 18.8. The van der Waals surface area contributed by atoms with Crippen LogP contribution in [0.2, 0.25) is 5.02 Å². The van der Waals surface area contributed by atoms with E-state index in [1.807, 2.05) is 0 Å². The van der Waals surface area contributed by atoms with Crippen molar-refractivity contribution in [3.05, 3.63) is 40.1 Å². The number of alkyl halides is 4. The Morgan fingerprint density at radius 1 is 0.846 bits per heavy atom. The highest BCUT2D eigenvalue weighted by atomic mass is 35.5. The van der Waals surface area contributed by atoms with Crippen LogP contribution >= 0.6 is 11.6 Å². The monoisotopic (exact) mass is 577 g/mol. The lowest BCUT2D eigenvalue weighted by Gasteiger charge is -2.06. The maximum Gasteiger partial charge on any atom is 0.286 e. The summed E-state index contributed by atoms with van der Waals surface area (Å²) in [5, 5.41) is 5.53. The van der Waals surface area contributed by atoms with E-state index >= 15 is 0 Å². The van der Waals surface area contributed by atoms with Crippen LogP contribution in [0.1, 0.15) is 150 Å². The second kappa shape index (κ2) is 19.1. The second-order valence-corrected chi connectivity index (χ2v) is 10.5. The van der Waals surface area contributed by atoms with Crippen LogP contribution in [0.3, 0.4) is 0 Å². The van der Waals surface area contributed by atoms with Crippen LogP contribution in [0.5, 0.6) is 0 Å². The number of amides is 1. The molecule has 0 spiro atoms. The molecular weight excluding hydrogens is 534 g/mol. The number of halogens is 5. The van der Waals surface area contributed by atoms with Gasteiger partial charge < -0.3 is 9.73 Å². The van der Waals surface area contributed by atoms with Gasteiger partial charge in [-0.05, 0) is 18.6 Å². The average Bonchev–Trinajstić information content (AvgIpc) is 3.50. The van der Waals surface area contributed by atoms with E-state index in [0.717, 1.165) is 19.3 Å². The highest BCUT2D eigenvalue weighted by molar-refractivity contribution is 6.32. The number of carbonyl (C=O) groups excluding carboxylic acids is 1. The largest absolute Gasteiger partial charge is 0.454 e. The van der Waals surface area contributed by atoms with Crippen LogP contribution in [-0.2, 0) is 6.54 Å². The molecule has 0 saturated heterocycles. The lowest BCUT2D eigenvalue weighted by molar-refractivity contribution is 0.0922. The molecule has 0 saturated carbocycles. The van der Waals surface area contributed by atoms with Crippen LogP contribution < -0.4 is 5.32 Å². The predicted molar refractivity (Wildman–Crippen MR) is 147 cm³/mol. The first-order valence-electron chi connectivity index (χ1n) is 14.5. The van der Waals surface area contributed by atoms with Gasteiger partial charge in [0.15, 0.2) is 5.76 Å². The van der Waals surface area contributed by atoms with Gasteiger partial charge in [0, 0.05) is 6.54 Å². The Hall–Kier alpha value is -2.03. The minimum Gasteiger partial charge on any atom is -0.454 e. The smallest absolute Gasteiger partial charge is 0.286 e. The third kappa shape index (κ3) is 12.4. The number of nitrogens with zero attached hydrogens (tertiary/aromatic N) is 2. The van der Waals surface area contributed by atoms with Gasteiger partial charge in [-0.2, -0.15) is 5.10 Å². The van der Waals surface area contributed by atoms with Gasteiger partial charge in [-0.15, -0.1) is 0 Å². The number of furan rings is 1. The van der Waals surface area contributed by atoms with E-state index < -0.39 is 35.2 Å². The van der Waals surface area contributed by atoms with Crippen molar-refractivity contribution in [3.8, 4) is 0 Å². The van der Waals surface area contributed by atoms with E-state index in [1.165, 1.54) is 95.6 Å². The Morgan fingerprint density at radius 3 is 1.85 bits per heavy atom. The third-order valence-corrected chi connectivity index (χ3v) is 7.26. The SMILES string of the molecule is CCCCCCCCCCCCCCCCCCNC(=O)c1ccc(Cn2nc(C(F)F)c(Cl)c2C(F)F)o1. The van der Waals surface area contributed by atoms with Crippen molar-refractivity contribution in [2.45, 2.75) is 129 Å². The molecule has 39 heavy (non-hydrogen) atoms. The summed E-state index contributed by atoms with van der Waals surface area (Å²) >= 11 is 5.66. The van der Waals surface area contributed by atoms with Crippen LogP contribution in [0.15, 0.2) is 16.5 Å². The van der Waals surface area contributed by atoms with Gasteiger partial charge in [0.2, 0.25) is 0 Å². The Bertz CT molecular complexity index is 949. The topological polar surface area (TPSA) is 60.1 Å². The van der Waals surface area contributed by atoms with Crippen LogP contribution in [0.4, 0.5) is 17.6 Å². The third-order valence-electron chi connectivity index (χ3n) is 6.88. The molecule has 0 atom stereocenters. The molecule has 2 aromatic heterocycles. The summed E-state index contributed by atoms with van der Waals surface area (Å²) in [6, 6.07) is 2.84. The molecule has 2 heterocycles. The molecule has 1 N–H and O–H groups in total.